The Labute approximate surface area is 150 Å². The van der Waals surface area contributed by atoms with Gasteiger partial charge in [0.15, 0.2) is 0 Å². The number of nitrogens with zero attached hydrogens (tertiary/aromatic N) is 1. The van der Waals surface area contributed by atoms with Gasteiger partial charge >= 0.3 is 0 Å². The molecule has 2 unspecified atom stereocenters. The topological polar surface area (TPSA) is 49.4 Å². The van der Waals surface area contributed by atoms with Crippen LogP contribution in [0.25, 0.3) is 0 Å². The number of hydrogen-bond donors (Lipinski definition) is 1. The number of thiophene rings is 1. The maximum absolute atomic E-state index is 13.0. The second-order valence-electron chi connectivity index (χ2n) is 6.34. The zero-order valence-electron chi connectivity index (χ0n) is 14.1. The maximum atomic E-state index is 13.0. The van der Waals surface area contributed by atoms with Crippen LogP contribution in [0, 0.1) is 11.7 Å². The summed E-state index contributed by atoms with van der Waals surface area (Å²) in [5, 5.41) is 5.03. The van der Waals surface area contributed by atoms with Crippen molar-refractivity contribution in [1.29, 1.82) is 0 Å². The van der Waals surface area contributed by atoms with Crippen LogP contribution >= 0.6 is 11.3 Å². The van der Waals surface area contributed by atoms with E-state index in [9.17, 15) is 14.0 Å². The highest BCUT2D eigenvalue weighted by Crippen LogP contribution is 2.22. The number of hydrogen-bond acceptors (Lipinski definition) is 3. The van der Waals surface area contributed by atoms with Crippen LogP contribution in [0.5, 0.6) is 0 Å². The Morgan fingerprint density at radius 1 is 1.28 bits per heavy atom. The number of halogens is 1. The van der Waals surface area contributed by atoms with Crippen molar-refractivity contribution in [2.24, 2.45) is 5.92 Å². The van der Waals surface area contributed by atoms with Gasteiger partial charge in [-0.1, -0.05) is 6.07 Å². The van der Waals surface area contributed by atoms with E-state index >= 15 is 0 Å². The minimum Gasteiger partial charge on any atom is -0.348 e. The first-order chi connectivity index (χ1) is 12.0. The molecule has 1 N–H and O–H groups in total. The van der Waals surface area contributed by atoms with Gasteiger partial charge in [0.2, 0.25) is 5.91 Å². The van der Waals surface area contributed by atoms with Crippen LogP contribution in [0.15, 0.2) is 41.8 Å². The maximum Gasteiger partial charge on any atom is 0.253 e. The lowest BCUT2D eigenvalue weighted by Crippen LogP contribution is -2.45. The first-order valence-electron chi connectivity index (χ1n) is 8.43. The minimum atomic E-state index is -0.366. The van der Waals surface area contributed by atoms with Crippen molar-refractivity contribution in [3.63, 3.8) is 0 Å². The lowest BCUT2D eigenvalue weighted by molar-refractivity contribution is -0.127. The lowest BCUT2D eigenvalue weighted by atomic mass is 9.96. The molecule has 132 valence electrons. The SMILES string of the molecule is CC(NC(=O)C1CCCN(C(=O)c2ccc(F)cc2)C1)c1cccs1. The highest BCUT2D eigenvalue weighted by atomic mass is 32.1. The molecule has 1 fully saturated rings. The molecule has 2 amide bonds. The number of rotatable bonds is 4. The highest BCUT2D eigenvalue weighted by molar-refractivity contribution is 7.10. The van der Waals surface area contributed by atoms with Gasteiger partial charge in [-0.3, -0.25) is 9.59 Å². The molecule has 4 nitrogen and oxygen atoms in total. The molecule has 1 aliphatic heterocycles. The van der Waals surface area contributed by atoms with Gasteiger partial charge in [0.05, 0.1) is 12.0 Å². The molecule has 3 rings (SSSR count). The van der Waals surface area contributed by atoms with E-state index in [2.05, 4.69) is 5.32 Å². The van der Waals surface area contributed by atoms with Gasteiger partial charge in [0, 0.05) is 23.5 Å². The van der Waals surface area contributed by atoms with Crippen LogP contribution in [0.2, 0.25) is 0 Å². The molecule has 0 radical (unpaired) electrons. The Kier molecular flexibility index (Phi) is 5.48. The van der Waals surface area contributed by atoms with Crippen molar-refractivity contribution in [3.05, 3.63) is 58.0 Å². The fourth-order valence-electron chi connectivity index (χ4n) is 3.09. The third-order valence-corrected chi connectivity index (χ3v) is 5.55. The quantitative estimate of drug-likeness (QED) is 0.905. The second kappa shape index (κ2) is 7.78. The standard InChI is InChI=1S/C19H21FN2O2S/c1-13(17-5-3-11-25-17)21-18(23)15-4-2-10-22(12-15)19(24)14-6-8-16(20)9-7-14/h3,5-9,11,13,15H,2,4,10,12H2,1H3,(H,21,23). The smallest absolute Gasteiger partial charge is 0.253 e. The summed E-state index contributed by atoms with van der Waals surface area (Å²) >= 11 is 1.61. The van der Waals surface area contributed by atoms with Crippen molar-refractivity contribution < 1.29 is 14.0 Å². The van der Waals surface area contributed by atoms with Gasteiger partial charge < -0.3 is 10.2 Å². The number of likely N-dealkylation sites (tertiary alicyclic amines) is 1. The summed E-state index contributed by atoms with van der Waals surface area (Å²) < 4.78 is 13.0. The summed E-state index contributed by atoms with van der Waals surface area (Å²) in [4.78, 5) is 27.9. The summed E-state index contributed by atoms with van der Waals surface area (Å²) in [6.07, 6.45) is 1.56. The van der Waals surface area contributed by atoms with Gasteiger partial charge in [0.1, 0.15) is 5.82 Å². The molecule has 2 atom stereocenters. The van der Waals surface area contributed by atoms with Crippen molar-refractivity contribution >= 4 is 23.2 Å². The number of amides is 2. The highest BCUT2D eigenvalue weighted by Gasteiger charge is 2.29. The molecule has 0 bridgehead atoms. The Morgan fingerprint density at radius 2 is 2.04 bits per heavy atom. The first-order valence-corrected chi connectivity index (χ1v) is 9.31. The van der Waals surface area contributed by atoms with Crippen LogP contribution in [0.4, 0.5) is 4.39 Å². The summed E-state index contributed by atoms with van der Waals surface area (Å²) in [5.74, 6) is -0.739. The number of benzene rings is 1. The normalized spacial score (nSPS) is 18.6. The van der Waals surface area contributed by atoms with Crippen molar-refractivity contribution in [2.45, 2.75) is 25.8 Å². The molecule has 0 aliphatic carbocycles. The molecule has 1 aromatic carbocycles. The fourth-order valence-corrected chi connectivity index (χ4v) is 3.83. The Hall–Kier alpha value is -2.21. The summed E-state index contributed by atoms with van der Waals surface area (Å²) in [6.45, 7) is 2.99. The van der Waals surface area contributed by atoms with Crippen molar-refractivity contribution in [1.82, 2.24) is 10.2 Å². The molecule has 1 aromatic heterocycles. The second-order valence-corrected chi connectivity index (χ2v) is 7.32. The van der Waals surface area contributed by atoms with Gasteiger partial charge in [-0.2, -0.15) is 0 Å². The third kappa shape index (κ3) is 4.25. The van der Waals surface area contributed by atoms with Crippen LogP contribution in [0.1, 0.15) is 41.0 Å². The average molecular weight is 360 g/mol. The molecule has 1 aliphatic rings. The van der Waals surface area contributed by atoms with Gasteiger partial charge in [0.25, 0.3) is 5.91 Å². The van der Waals surface area contributed by atoms with Gasteiger partial charge in [-0.05, 0) is 55.5 Å². The number of carbonyl (C=O) groups is 2. The first kappa shape index (κ1) is 17.6. The monoisotopic (exact) mass is 360 g/mol. The minimum absolute atomic E-state index is 0.0162. The molecule has 2 heterocycles. The van der Waals surface area contributed by atoms with Gasteiger partial charge in [-0.15, -0.1) is 11.3 Å². The van der Waals surface area contributed by atoms with E-state index in [1.165, 1.54) is 24.3 Å². The van der Waals surface area contributed by atoms with Crippen LogP contribution < -0.4 is 5.32 Å². The number of piperidine rings is 1. The van der Waals surface area contributed by atoms with E-state index in [4.69, 9.17) is 0 Å². The summed E-state index contributed by atoms with van der Waals surface area (Å²) in [7, 11) is 0. The van der Waals surface area contributed by atoms with E-state index in [1.807, 2.05) is 24.4 Å². The van der Waals surface area contributed by atoms with Crippen LogP contribution in [-0.2, 0) is 4.79 Å². The molecule has 0 saturated carbocycles. The van der Waals surface area contributed by atoms with Crippen LogP contribution in [-0.4, -0.2) is 29.8 Å². The summed E-state index contributed by atoms with van der Waals surface area (Å²) in [5.41, 5.74) is 0.453. The molecule has 0 spiro atoms. The zero-order chi connectivity index (χ0) is 17.8. The van der Waals surface area contributed by atoms with Crippen molar-refractivity contribution in [3.8, 4) is 0 Å². The Morgan fingerprint density at radius 3 is 2.72 bits per heavy atom. The van der Waals surface area contributed by atoms with E-state index in [-0.39, 0.29) is 29.6 Å². The number of carbonyl (C=O) groups excluding carboxylic acids is 2. The Bertz CT molecular complexity index is 730. The van der Waals surface area contributed by atoms with Gasteiger partial charge in [-0.25, -0.2) is 4.39 Å². The van der Waals surface area contributed by atoms with E-state index in [0.29, 0.717) is 18.7 Å². The average Bonchev–Trinajstić information content (AvgIpc) is 3.16. The molecule has 2 aromatic rings. The fraction of sp³-hybridized carbons (Fsp3) is 0.368. The zero-order valence-corrected chi connectivity index (χ0v) is 14.9. The predicted molar refractivity (Wildman–Crippen MR) is 95.9 cm³/mol. The molecular formula is C19H21FN2O2S. The largest absolute Gasteiger partial charge is 0.348 e. The third-order valence-electron chi connectivity index (χ3n) is 4.50. The van der Waals surface area contributed by atoms with E-state index in [0.717, 1.165) is 17.7 Å². The number of nitrogens with one attached hydrogen (secondary N) is 1. The van der Waals surface area contributed by atoms with E-state index < -0.39 is 0 Å². The molecular weight excluding hydrogens is 339 g/mol. The van der Waals surface area contributed by atoms with Crippen molar-refractivity contribution in [2.75, 3.05) is 13.1 Å². The summed E-state index contributed by atoms with van der Waals surface area (Å²) in [6, 6.07) is 9.47. The molecule has 25 heavy (non-hydrogen) atoms. The molecule has 1 saturated heterocycles. The predicted octanol–water partition coefficient (Wildman–Crippen LogP) is 3.62. The van der Waals surface area contributed by atoms with E-state index in [1.54, 1.807) is 16.2 Å². The Balaban J connectivity index is 1.61. The lowest BCUT2D eigenvalue weighted by Gasteiger charge is -2.32. The molecule has 6 heteroatoms. The van der Waals surface area contributed by atoms with Crippen LogP contribution in [0.3, 0.4) is 0 Å².